The largest absolute Gasteiger partial charge is 0.477 e. The summed E-state index contributed by atoms with van der Waals surface area (Å²) in [5, 5.41) is 9.03. The molecule has 0 atom stereocenters. The summed E-state index contributed by atoms with van der Waals surface area (Å²) in [5.74, 6) is -0.794. The molecule has 2 heterocycles. The number of carboxylic acid groups (broad SMARTS) is 1. The third kappa shape index (κ3) is 2.14. The van der Waals surface area contributed by atoms with E-state index in [9.17, 15) is 4.79 Å². The lowest BCUT2D eigenvalue weighted by Crippen LogP contribution is -2.08. The molecule has 0 amide bonds. The Labute approximate surface area is 114 Å². The number of aromatic carboxylic acids is 1. The third-order valence-electron chi connectivity index (χ3n) is 2.82. The van der Waals surface area contributed by atoms with Crippen LogP contribution in [0.3, 0.4) is 0 Å². The molecule has 0 unspecified atom stereocenters. The van der Waals surface area contributed by atoms with Crippen molar-refractivity contribution in [1.29, 1.82) is 0 Å². The zero-order valence-corrected chi connectivity index (χ0v) is 10.3. The van der Waals surface area contributed by atoms with Crippen LogP contribution >= 0.6 is 0 Å². The van der Waals surface area contributed by atoms with E-state index < -0.39 is 5.97 Å². The number of rotatable bonds is 3. The standard InChI is InChI=1S/C14H10N4O2/c19-13(20)12-8-15-9-18(12)14-16-6-11(7-17-14)10-4-2-1-3-5-10/h1-9H,(H,19,20). The number of hydrogen-bond acceptors (Lipinski definition) is 4. The lowest BCUT2D eigenvalue weighted by Gasteiger charge is -2.04. The van der Waals surface area contributed by atoms with Crippen LogP contribution in [-0.2, 0) is 0 Å². The quantitative estimate of drug-likeness (QED) is 0.784. The monoisotopic (exact) mass is 266 g/mol. The van der Waals surface area contributed by atoms with Crippen LogP contribution in [0.2, 0.25) is 0 Å². The molecule has 6 nitrogen and oxygen atoms in total. The van der Waals surface area contributed by atoms with Crippen molar-refractivity contribution >= 4 is 5.97 Å². The van der Waals surface area contributed by atoms with Gasteiger partial charge in [-0.1, -0.05) is 30.3 Å². The molecule has 98 valence electrons. The molecule has 1 aromatic carbocycles. The molecule has 0 saturated carbocycles. The Balaban J connectivity index is 1.98. The number of hydrogen-bond donors (Lipinski definition) is 1. The lowest BCUT2D eigenvalue weighted by molar-refractivity contribution is 0.0688. The first-order chi connectivity index (χ1) is 9.75. The summed E-state index contributed by atoms with van der Waals surface area (Å²) in [5.41, 5.74) is 1.90. The molecule has 1 N–H and O–H groups in total. The van der Waals surface area contributed by atoms with E-state index in [1.165, 1.54) is 17.1 Å². The fraction of sp³-hybridized carbons (Fsp3) is 0. The van der Waals surface area contributed by atoms with Crippen molar-refractivity contribution in [2.24, 2.45) is 0 Å². The van der Waals surface area contributed by atoms with Gasteiger partial charge in [-0.3, -0.25) is 4.57 Å². The number of imidazole rings is 1. The average molecular weight is 266 g/mol. The summed E-state index contributed by atoms with van der Waals surface area (Å²) in [6, 6.07) is 9.71. The minimum atomic E-state index is -1.07. The molecule has 0 fully saturated rings. The van der Waals surface area contributed by atoms with Gasteiger partial charge in [0.1, 0.15) is 6.33 Å². The van der Waals surface area contributed by atoms with Gasteiger partial charge in [-0.05, 0) is 5.56 Å². The molecule has 0 aliphatic heterocycles. The van der Waals surface area contributed by atoms with Gasteiger partial charge in [0.2, 0.25) is 5.95 Å². The molecule has 3 aromatic rings. The van der Waals surface area contributed by atoms with E-state index in [4.69, 9.17) is 5.11 Å². The molecular weight excluding hydrogens is 256 g/mol. The smallest absolute Gasteiger partial charge is 0.354 e. The van der Waals surface area contributed by atoms with E-state index in [0.29, 0.717) is 0 Å². The van der Waals surface area contributed by atoms with Crippen molar-refractivity contribution in [3.8, 4) is 17.1 Å². The van der Waals surface area contributed by atoms with Crippen molar-refractivity contribution in [3.63, 3.8) is 0 Å². The van der Waals surface area contributed by atoms with Gasteiger partial charge in [0.15, 0.2) is 5.69 Å². The number of aromatic nitrogens is 4. The van der Waals surface area contributed by atoms with E-state index in [1.54, 1.807) is 12.4 Å². The van der Waals surface area contributed by atoms with Gasteiger partial charge >= 0.3 is 5.97 Å². The van der Waals surface area contributed by atoms with Crippen molar-refractivity contribution in [2.45, 2.75) is 0 Å². The summed E-state index contributed by atoms with van der Waals surface area (Å²) in [4.78, 5) is 23.2. The van der Waals surface area contributed by atoms with Gasteiger partial charge in [0.05, 0.1) is 6.20 Å². The second kappa shape index (κ2) is 4.93. The average Bonchev–Trinajstić information content (AvgIpc) is 2.98. The van der Waals surface area contributed by atoms with Crippen LogP contribution < -0.4 is 0 Å². The molecule has 6 heteroatoms. The van der Waals surface area contributed by atoms with Gasteiger partial charge in [0.25, 0.3) is 0 Å². The minimum absolute atomic E-state index is 0.0254. The Morgan fingerprint density at radius 1 is 1.00 bits per heavy atom. The predicted molar refractivity (Wildman–Crippen MR) is 71.5 cm³/mol. The Bertz CT molecular complexity index is 735. The van der Waals surface area contributed by atoms with E-state index >= 15 is 0 Å². The van der Waals surface area contributed by atoms with Crippen LogP contribution in [0.25, 0.3) is 17.1 Å². The normalized spacial score (nSPS) is 10.4. The maximum absolute atomic E-state index is 11.0. The van der Waals surface area contributed by atoms with E-state index in [0.717, 1.165) is 11.1 Å². The first-order valence-corrected chi connectivity index (χ1v) is 5.89. The van der Waals surface area contributed by atoms with E-state index in [-0.39, 0.29) is 11.6 Å². The topological polar surface area (TPSA) is 80.9 Å². The van der Waals surface area contributed by atoms with Gasteiger partial charge in [-0.25, -0.2) is 19.7 Å². The number of benzene rings is 1. The third-order valence-corrected chi connectivity index (χ3v) is 2.82. The van der Waals surface area contributed by atoms with Crippen LogP contribution in [0.5, 0.6) is 0 Å². The molecule has 3 rings (SSSR count). The van der Waals surface area contributed by atoms with Crippen molar-refractivity contribution in [1.82, 2.24) is 19.5 Å². The fourth-order valence-corrected chi connectivity index (χ4v) is 1.84. The molecule has 2 aromatic heterocycles. The first kappa shape index (κ1) is 12.0. The number of carboxylic acids is 1. The highest BCUT2D eigenvalue weighted by molar-refractivity contribution is 5.85. The van der Waals surface area contributed by atoms with Crippen LogP contribution in [0.15, 0.2) is 55.2 Å². The highest BCUT2D eigenvalue weighted by Crippen LogP contribution is 2.17. The van der Waals surface area contributed by atoms with E-state index in [1.807, 2.05) is 30.3 Å². The van der Waals surface area contributed by atoms with Gasteiger partial charge in [0, 0.05) is 18.0 Å². The van der Waals surface area contributed by atoms with Crippen molar-refractivity contribution in [2.75, 3.05) is 0 Å². The van der Waals surface area contributed by atoms with Gasteiger partial charge in [-0.2, -0.15) is 0 Å². The number of nitrogens with zero attached hydrogens (tertiary/aromatic N) is 4. The maximum Gasteiger partial charge on any atom is 0.354 e. The SMILES string of the molecule is O=C(O)c1cncn1-c1ncc(-c2ccccc2)cn1. The zero-order valence-electron chi connectivity index (χ0n) is 10.3. The lowest BCUT2D eigenvalue weighted by atomic mass is 10.1. The first-order valence-electron chi connectivity index (χ1n) is 5.89. The predicted octanol–water partition coefficient (Wildman–Crippen LogP) is 2.03. The molecule has 0 aliphatic rings. The second-order valence-electron chi connectivity index (χ2n) is 4.09. The highest BCUT2D eigenvalue weighted by Gasteiger charge is 2.13. The molecular formula is C14H10N4O2. The van der Waals surface area contributed by atoms with E-state index in [2.05, 4.69) is 15.0 Å². The summed E-state index contributed by atoms with van der Waals surface area (Å²) < 4.78 is 1.33. The van der Waals surface area contributed by atoms with Crippen molar-refractivity contribution in [3.05, 3.63) is 60.9 Å². The molecule has 0 bridgehead atoms. The molecule has 20 heavy (non-hydrogen) atoms. The molecule has 0 spiro atoms. The molecule has 0 radical (unpaired) electrons. The summed E-state index contributed by atoms with van der Waals surface area (Å²) in [6.07, 6.45) is 5.95. The second-order valence-corrected chi connectivity index (χ2v) is 4.09. The minimum Gasteiger partial charge on any atom is -0.477 e. The molecule has 0 aliphatic carbocycles. The van der Waals surface area contributed by atoms with Gasteiger partial charge < -0.3 is 5.11 Å². The number of carbonyl (C=O) groups is 1. The fourth-order valence-electron chi connectivity index (χ4n) is 1.84. The van der Waals surface area contributed by atoms with Crippen LogP contribution in [-0.4, -0.2) is 30.6 Å². The maximum atomic E-state index is 11.0. The zero-order chi connectivity index (χ0) is 13.9. The van der Waals surface area contributed by atoms with Crippen molar-refractivity contribution < 1.29 is 9.90 Å². The Morgan fingerprint density at radius 2 is 1.70 bits per heavy atom. The summed E-state index contributed by atoms with van der Waals surface area (Å²) >= 11 is 0. The van der Waals surface area contributed by atoms with Crippen LogP contribution in [0.1, 0.15) is 10.5 Å². The molecule has 0 saturated heterocycles. The highest BCUT2D eigenvalue weighted by atomic mass is 16.4. The van der Waals surface area contributed by atoms with Crippen LogP contribution in [0.4, 0.5) is 0 Å². The summed E-state index contributed by atoms with van der Waals surface area (Å²) in [7, 11) is 0. The Kier molecular flexibility index (Phi) is 2.96. The summed E-state index contributed by atoms with van der Waals surface area (Å²) in [6.45, 7) is 0. The van der Waals surface area contributed by atoms with Gasteiger partial charge in [-0.15, -0.1) is 0 Å². The Morgan fingerprint density at radius 3 is 2.35 bits per heavy atom. The Hall–Kier alpha value is -3.02. The van der Waals surface area contributed by atoms with Crippen LogP contribution in [0, 0.1) is 0 Å².